The summed E-state index contributed by atoms with van der Waals surface area (Å²) in [7, 11) is 4.64. The van der Waals surface area contributed by atoms with Crippen molar-refractivity contribution in [2.45, 2.75) is 25.3 Å². The number of rotatable bonds is 8. The van der Waals surface area contributed by atoms with Gasteiger partial charge in [0, 0.05) is 50.2 Å². The lowest BCUT2D eigenvalue weighted by molar-refractivity contribution is 0.197. The van der Waals surface area contributed by atoms with Crippen LogP contribution in [0.2, 0.25) is 0 Å². The van der Waals surface area contributed by atoms with E-state index in [1.54, 1.807) is 33.5 Å². The Balaban J connectivity index is 1.47. The van der Waals surface area contributed by atoms with E-state index in [0.717, 1.165) is 38.9 Å². The van der Waals surface area contributed by atoms with Crippen molar-refractivity contribution in [1.82, 2.24) is 15.2 Å². The lowest BCUT2D eigenvalue weighted by atomic mass is 10.0. The first-order valence-corrected chi connectivity index (χ1v) is 10.1. The number of methoxy groups -OCH3 is 3. The van der Waals surface area contributed by atoms with Gasteiger partial charge in [0.1, 0.15) is 0 Å². The van der Waals surface area contributed by atoms with Gasteiger partial charge in [0.05, 0.1) is 27.0 Å². The molecule has 0 spiro atoms. The highest BCUT2D eigenvalue weighted by molar-refractivity contribution is 5.90. The largest absolute Gasteiger partial charge is 0.493 e. The van der Waals surface area contributed by atoms with E-state index in [4.69, 9.17) is 14.2 Å². The average molecular weight is 415 g/mol. The number of urea groups is 1. The molecule has 3 rings (SSSR count). The van der Waals surface area contributed by atoms with E-state index >= 15 is 0 Å². The fourth-order valence-corrected chi connectivity index (χ4v) is 3.64. The fourth-order valence-electron chi connectivity index (χ4n) is 3.64. The lowest BCUT2D eigenvalue weighted by Gasteiger charge is -2.32. The summed E-state index contributed by atoms with van der Waals surface area (Å²) < 4.78 is 16.0. The van der Waals surface area contributed by atoms with Gasteiger partial charge in [-0.25, -0.2) is 4.79 Å². The molecule has 2 amide bonds. The number of anilines is 1. The van der Waals surface area contributed by atoms with E-state index in [9.17, 15) is 4.79 Å². The number of pyridine rings is 1. The molecule has 1 aliphatic rings. The number of piperidine rings is 1. The van der Waals surface area contributed by atoms with Crippen molar-refractivity contribution in [1.29, 1.82) is 0 Å². The predicted molar refractivity (Wildman–Crippen MR) is 116 cm³/mol. The Morgan fingerprint density at radius 1 is 1.07 bits per heavy atom. The van der Waals surface area contributed by atoms with Crippen LogP contribution in [0.3, 0.4) is 0 Å². The monoisotopic (exact) mass is 414 g/mol. The number of carbonyl (C=O) groups excluding carboxylic acids is 1. The summed E-state index contributed by atoms with van der Waals surface area (Å²) in [5.41, 5.74) is 1.88. The highest BCUT2D eigenvalue weighted by atomic mass is 16.5. The van der Waals surface area contributed by atoms with Crippen LogP contribution in [0.25, 0.3) is 0 Å². The molecule has 8 heteroatoms. The van der Waals surface area contributed by atoms with E-state index < -0.39 is 0 Å². The standard InChI is InChI=1S/C22H30N4O4/c1-28-19-14-18(15-20(29-2)21(19)30-3)25-22(27)24-17-7-12-26(13-8-17)11-6-16-4-9-23-10-5-16/h4-5,9-10,14-15,17H,6-8,11-13H2,1-3H3,(H2,24,25,27). The molecule has 1 saturated heterocycles. The second-order valence-electron chi connectivity index (χ2n) is 7.23. The third kappa shape index (κ3) is 5.76. The molecule has 162 valence electrons. The summed E-state index contributed by atoms with van der Waals surface area (Å²) >= 11 is 0. The number of hydrogen-bond acceptors (Lipinski definition) is 6. The van der Waals surface area contributed by atoms with Crippen LogP contribution in [0.15, 0.2) is 36.7 Å². The van der Waals surface area contributed by atoms with Crippen molar-refractivity contribution in [2.75, 3.05) is 46.3 Å². The first kappa shape index (κ1) is 21.7. The molecule has 1 aromatic carbocycles. The van der Waals surface area contributed by atoms with E-state index in [0.29, 0.717) is 22.9 Å². The summed E-state index contributed by atoms with van der Waals surface area (Å²) in [6.45, 7) is 2.97. The van der Waals surface area contributed by atoms with Crippen molar-refractivity contribution in [3.05, 3.63) is 42.2 Å². The highest BCUT2D eigenvalue weighted by Gasteiger charge is 2.21. The third-order valence-corrected chi connectivity index (χ3v) is 5.31. The molecule has 1 fully saturated rings. The smallest absolute Gasteiger partial charge is 0.319 e. The number of nitrogens with one attached hydrogen (secondary N) is 2. The minimum absolute atomic E-state index is 0.157. The number of nitrogens with zero attached hydrogens (tertiary/aromatic N) is 2. The summed E-state index contributed by atoms with van der Waals surface area (Å²) in [4.78, 5) is 19.0. The van der Waals surface area contributed by atoms with Crippen molar-refractivity contribution in [3.8, 4) is 17.2 Å². The minimum Gasteiger partial charge on any atom is -0.493 e. The Kier molecular flexibility index (Phi) is 7.73. The normalized spacial score (nSPS) is 14.8. The molecule has 1 aliphatic heterocycles. The second kappa shape index (κ2) is 10.7. The number of hydrogen-bond donors (Lipinski definition) is 2. The van der Waals surface area contributed by atoms with Gasteiger partial charge >= 0.3 is 6.03 Å². The molecule has 2 aromatic rings. The molecule has 0 aliphatic carbocycles. The first-order valence-electron chi connectivity index (χ1n) is 10.1. The summed E-state index contributed by atoms with van der Waals surface area (Å²) in [5, 5.41) is 5.93. The van der Waals surface area contributed by atoms with Crippen LogP contribution >= 0.6 is 0 Å². The molecule has 0 atom stereocenters. The van der Waals surface area contributed by atoms with Gasteiger partial charge in [0.15, 0.2) is 11.5 Å². The predicted octanol–water partition coefficient (Wildman–Crippen LogP) is 2.94. The van der Waals surface area contributed by atoms with E-state index in [2.05, 4.69) is 32.7 Å². The highest BCUT2D eigenvalue weighted by Crippen LogP contribution is 2.39. The van der Waals surface area contributed by atoms with Crippen LogP contribution in [0.1, 0.15) is 18.4 Å². The number of ether oxygens (including phenoxy) is 3. The summed E-state index contributed by atoms with van der Waals surface area (Å²) in [6, 6.07) is 7.46. The van der Waals surface area contributed by atoms with Gasteiger partial charge in [-0.1, -0.05) is 0 Å². The quantitative estimate of drug-likeness (QED) is 0.691. The van der Waals surface area contributed by atoms with Gasteiger partial charge in [-0.3, -0.25) is 4.98 Å². The summed E-state index contributed by atoms with van der Waals surface area (Å²) in [5.74, 6) is 1.48. The molecule has 0 bridgehead atoms. The van der Waals surface area contributed by atoms with Crippen LogP contribution < -0.4 is 24.8 Å². The molecule has 0 radical (unpaired) electrons. The lowest BCUT2D eigenvalue weighted by Crippen LogP contribution is -2.46. The zero-order valence-corrected chi connectivity index (χ0v) is 17.8. The maximum Gasteiger partial charge on any atom is 0.319 e. The fraction of sp³-hybridized carbons (Fsp3) is 0.455. The maximum absolute atomic E-state index is 12.5. The van der Waals surface area contributed by atoms with Crippen LogP contribution in [0.5, 0.6) is 17.2 Å². The van der Waals surface area contributed by atoms with E-state index in [1.165, 1.54) is 5.56 Å². The van der Waals surface area contributed by atoms with Crippen LogP contribution in [0.4, 0.5) is 10.5 Å². The Bertz CT molecular complexity index is 798. The summed E-state index contributed by atoms with van der Waals surface area (Å²) in [6.07, 6.45) is 6.54. The molecule has 0 unspecified atom stereocenters. The van der Waals surface area contributed by atoms with Crippen LogP contribution in [-0.4, -0.2) is 62.9 Å². The zero-order valence-electron chi connectivity index (χ0n) is 17.8. The first-order chi connectivity index (χ1) is 14.6. The van der Waals surface area contributed by atoms with Crippen molar-refractivity contribution in [3.63, 3.8) is 0 Å². The van der Waals surface area contributed by atoms with Gasteiger partial charge in [-0.15, -0.1) is 0 Å². The van der Waals surface area contributed by atoms with Crippen molar-refractivity contribution >= 4 is 11.7 Å². The molecule has 8 nitrogen and oxygen atoms in total. The number of carbonyl (C=O) groups is 1. The number of aromatic nitrogens is 1. The zero-order chi connectivity index (χ0) is 21.3. The molecular formula is C22H30N4O4. The minimum atomic E-state index is -0.237. The van der Waals surface area contributed by atoms with E-state index in [1.807, 2.05) is 12.4 Å². The average Bonchev–Trinajstić information content (AvgIpc) is 2.78. The van der Waals surface area contributed by atoms with Gasteiger partial charge < -0.3 is 29.7 Å². The van der Waals surface area contributed by atoms with Gasteiger partial charge in [0.2, 0.25) is 5.75 Å². The number of amides is 2. The Morgan fingerprint density at radius 2 is 1.70 bits per heavy atom. The Hall–Kier alpha value is -3.00. The molecule has 0 saturated carbocycles. The molecular weight excluding hydrogens is 384 g/mol. The SMILES string of the molecule is COc1cc(NC(=O)NC2CCN(CCc3ccncc3)CC2)cc(OC)c1OC. The van der Waals surface area contributed by atoms with Gasteiger partial charge in [-0.2, -0.15) is 0 Å². The number of benzene rings is 1. The second-order valence-corrected chi connectivity index (χ2v) is 7.23. The van der Waals surface area contributed by atoms with Crippen LogP contribution in [0, 0.1) is 0 Å². The molecule has 2 N–H and O–H groups in total. The van der Waals surface area contributed by atoms with Gasteiger partial charge in [0.25, 0.3) is 0 Å². The van der Waals surface area contributed by atoms with Crippen molar-refractivity contribution in [2.24, 2.45) is 0 Å². The van der Waals surface area contributed by atoms with Crippen molar-refractivity contribution < 1.29 is 19.0 Å². The maximum atomic E-state index is 12.5. The Labute approximate surface area is 177 Å². The van der Waals surface area contributed by atoms with E-state index in [-0.39, 0.29) is 12.1 Å². The topological polar surface area (TPSA) is 85.0 Å². The Morgan fingerprint density at radius 3 is 2.27 bits per heavy atom. The number of likely N-dealkylation sites (tertiary alicyclic amines) is 1. The molecule has 30 heavy (non-hydrogen) atoms. The molecule has 1 aromatic heterocycles. The van der Waals surface area contributed by atoms with Gasteiger partial charge in [-0.05, 0) is 37.0 Å². The third-order valence-electron chi connectivity index (χ3n) is 5.31. The van der Waals surface area contributed by atoms with Crippen LogP contribution in [-0.2, 0) is 6.42 Å². The molecule has 2 heterocycles.